The van der Waals surface area contributed by atoms with Crippen molar-refractivity contribution in [1.82, 2.24) is 24.8 Å². The maximum atomic E-state index is 15.2. The minimum atomic E-state index is -1.67. The lowest BCUT2D eigenvalue weighted by molar-refractivity contribution is 0.0122. The molecule has 0 spiro atoms. The third-order valence-electron chi connectivity index (χ3n) is 8.31. The van der Waals surface area contributed by atoms with Crippen molar-refractivity contribution < 1.29 is 27.4 Å². The molecule has 0 aliphatic carbocycles. The predicted molar refractivity (Wildman–Crippen MR) is 147 cm³/mol. The van der Waals surface area contributed by atoms with Crippen LogP contribution in [-0.4, -0.2) is 86.9 Å². The van der Waals surface area contributed by atoms with Crippen molar-refractivity contribution in [2.24, 2.45) is 0 Å². The number of nitrogens with zero attached hydrogens (tertiary/aromatic N) is 6. The molecule has 2 bridgehead atoms. The SMILES string of the molecule is C=C1CN2CC(=C(F)F)CC2(COc2nc(N3C[C@H]4CC[C@@H](C3)N4C(=O)OC(C)(C)C)c3cnc(Cl)c(F)c3n2)C1. The Labute approximate surface area is 241 Å². The van der Waals surface area contributed by atoms with Gasteiger partial charge in [-0.25, -0.2) is 14.2 Å². The van der Waals surface area contributed by atoms with Gasteiger partial charge < -0.3 is 14.4 Å². The van der Waals surface area contributed by atoms with E-state index < -0.39 is 23.0 Å². The molecule has 9 nitrogen and oxygen atoms in total. The maximum absolute atomic E-state index is 15.2. The molecule has 0 aromatic carbocycles. The number of fused-ring (bicyclic) bond motifs is 4. The van der Waals surface area contributed by atoms with Crippen LogP contribution in [0.5, 0.6) is 6.01 Å². The number of pyridine rings is 1. The lowest BCUT2D eigenvalue weighted by Crippen LogP contribution is -2.57. The van der Waals surface area contributed by atoms with Crippen LogP contribution in [0, 0.1) is 5.82 Å². The lowest BCUT2D eigenvalue weighted by atomic mass is 9.92. The molecule has 220 valence electrons. The van der Waals surface area contributed by atoms with Gasteiger partial charge in [-0.15, -0.1) is 0 Å². The van der Waals surface area contributed by atoms with Gasteiger partial charge in [0.1, 0.15) is 23.5 Å². The second-order valence-corrected chi connectivity index (χ2v) is 12.8. The summed E-state index contributed by atoms with van der Waals surface area (Å²) in [6, 6.07) is -0.306. The third kappa shape index (κ3) is 5.09. The molecule has 1 amide bonds. The number of carbonyl (C=O) groups is 1. The van der Waals surface area contributed by atoms with E-state index in [1.165, 1.54) is 6.20 Å². The number of carbonyl (C=O) groups excluding carboxylic acids is 1. The number of hydrogen-bond acceptors (Lipinski definition) is 8. The van der Waals surface area contributed by atoms with Gasteiger partial charge in [-0.05, 0) is 46.5 Å². The van der Waals surface area contributed by atoms with Crippen LogP contribution in [0.2, 0.25) is 5.15 Å². The number of hydrogen-bond donors (Lipinski definition) is 0. The summed E-state index contributed by atoms with van der Waals surface area (Å²) in [6.45, 7) is 11.1. The summed E-state index contributed by atoms with van der Waals surface area (Å²) < 4.78 is 53.9. The maximum Gasteiger partial charge on any atom is 0.410 e. The average molecular weight is 593 g/mol. The minimum Gasteiger partial charge on any atom is -0.461 e. The third-order valence-corrected chi connectivity index (χ3v) is 8.58. The largest absolute Gasteiger partial charge is 0.461 e. The van der Waals surface area contributed by atoms with Crippen LogP contribution in [0.1, 0.15) is 46.5 Å². The van der Waals surface area contributed by atoms with E-state index in [2.05, 4.69) is 21.5 Å². The van der Waals surface area contributed by atoms with E-state index in [1.807, 2.05) is 30.6 Å². The van der Waals surface area contributed by atoms with Gasteiger partial charge in [0.05, 0.1) is 23.0 Å². The highest BCUT2D eigenvalue weighted by atomic mass is 35.5. The Hall–Kier alpha value is -3.12. The highest BCUT2D eigenvalue weighted by molar-refractivity contribution is 6.30. The molecule has 0 saturated carbocycles. The molecule has 6 heterocycles. The first-order chi connectivity index (χ1) is 19.3. The van der Waals surface area contributed by atoms with E-state index >= 15 is 4.39 Å². The van der Waals surface area contributed by atoms with Crippen LogP contribution in [0.4, 0.5) is 23.8 Å². The van der Waals surface area contributed by atoms with E-state index in [0.717, 1.165) is 18.4 Å². The first-order valence-corrected chi connectivity index (χ1v) is 14.1. The summed E-state index contributed by atoms with van der Waals surface area (Å²) in [5, 5.41) is 0.0350. The molecule has 3 atom stereocenters. The van der Waals surface area contributed by atoms with Crippen molar-refractivity contribution in [2.75, 3.05) is 37.7 Å². The van der Waals surface area contributed by atoms with Crippen molar-refractivity contribution in [1.29, 1.82) is 0 Å². The molecule has 6 rings (SSSR count). The zero-order valence-corrected chi connectivity index (χ0v) is 24.0. The summed E-state index contributed by atoms with van der Waals surface area (Å²) >= 11 is 6.00. The highest BCUT2D eigenvalue weighted by Gasteiger charge is 2.50. The van der Waals surface area contributed by atoms with Gasteiger partial charge in [-0.3, -0.25) is 9.80 Å². The number of halogens is 4. The minimum absolute atomic E-state index is 0.0336. The van der Waals surface area contributed by atoms with Crippen LogP contribution in [-0.2, 0) is 4.74 Å². The van der Waals surface area contributed by atoms with Crippen molar-refractivity contribution in [3.8, 4) is 6.01 Å². The van der Waals surface area contributed by atoms with Crippen LogP contribution < -0.4 is 9.64 Å². The number of aromatic nitrogens is 3. The van der Waals surface area contributed by atoms with Crippen molar-refractivity contribution >= 4 is 34.4 Å². The van der Waals surface area contributed by atoms with Crippen LogP contribution in [0.3, 0.4) is 0 Å². The van der Waals surface area contributed by atoms with E-state index in [-0.39, 0.29) is 60.0 Å². The Kier molecular flexibility index (Phi) is 6.84. The van der Waals surface area contributed by atoms with Crippen LogP contribution in [0.15, 0.2) is 30.0 Å². The number of rotatable bonds is 4. The Balaban J connectivity index is 1.30. The van der Waals surface area contributed by atoms with Gasteiger partial charge in [0.25, 0.3) is 6.08 Å². The van der Waals surface area contributed by atoms with E-state index in [0.29, 0.717) is 37.3 Å². The molecular weight excluding hydrogens is 561 g/mol. The summed E-state index contributed by atoms with van der Waals surface area (Å²) in [5.41, 5.74) is -0.324. The van der Waals surface area contributed by atoms with E-state index in [4.69, 9.17) is 21.1 Å². The fourth-order valence-electron chi connectivity index (χ4n) is 6.66. The van der Waals surface area contributed by atoms with Crippen molar-refractivity contribution in [3.63, 3.8) is 0 Å². The Morgan fingerprint density at radius 2 is 1.88 bits per heavy atom. The van der Waals surface area contributed by atoms with Gasteiger partial charge in [0, 0.05) is 37.9 Å². The zero-order valence-electron chi connectivity index (χ0n) is 23.2. The van der Waals surface area contributed by atoms with Gasteiger partial charge in [0.2, 0.25) is 0 Å². The topological polar surface area (TPSA) is 83.9 Å². The van der Waals surface area contributed by atoms with Gasteiger partial charge in [-0.2, -0.15) is 18.7 Å². The number of ether oxygens (including phenoxy) is 2. The monoisotopic (exact) mass is 592 g/mol. The number of piperazine rings is 1. The smallest absolute Gasteiger partial charge is 0.410 e. The van der Waals surface area contributed by atoms with Crippen LogP contribution in [0.25, 0.3) is 10.9 Å². The Bertz CT molecular complexity index is 1450. The average Bonchev–Trinajstić information content (AvgIpc) is 3.48. The van der Waals surface area contributed by atoms with Crippen molar-refractivity contribution in [3.05, 3.63) is 41.0 Å². The van der Waals surface area contributed by atoms with Gasteiger partial charge >= 0.3 is 12.1 Å². The standard InChI is InChI=1S/C28H32ClF3N6O3/c1-15-7-28(8-16(23(31)32)11-37(28)10-15)14-40-25-34-21-19(9-33-22(29)20(21)30)24(35-25)36-12-17-5-6-18(13-36)38(17)26(39)41-27(2,3)4/h9,17-18H,1,5-8,10-14H2,2-4H3/t17-,18+,28?. The normalized spacial score (nSPS) is 26.2. The van der Waals surface area contributed by atoms with E-state index in [9.17, 15) is 13.6 Å². The highest BCUT2D eigenvalue weighted by Crippen LogP contribution is 2.45. The second kappa shape index (κ2) is 10.0. The number of amides is 1. The van der Waals surface area contributed by atoms with E-state index in [1.54, 1.807) is 4.90 Å². The first kappa shape index (κ1) is 28.0. The molecule has 2 aromatic rings. The fraction of sp³-hybridized carbons (Fsp3) is 0.571. The van der Waals surface area contributed by atoms with Crippen molar-refractivity contribution in [2.45, 2.75) is 69.7 Å². The zero-order chi connectivity index (χ0) is 29.3. The molecule has 4 saturated heterocycles. The summed E-state index contributed by atoms with van der Waals surface area (Å²) in [5.74, 6) is -0.381. The lowest BCUT2D eigenvalue weighted by Gasteiger charge is -2.42. The molecule has 4 aliphatic heterocycles. The molecule has 4 aliphatic rings. The molecule has 13 heteroatoms. The quantitative estimate of drug-likeness (QED) is 0.348. The van der Waals surface area contributed by atoms with Gasteiger partial charge in [-0.1, -0.05) is 23.8 Å². The molecule has 41 heavy (non-hydrogen) atoms. The number of anilines is 1. The predicted octanol–water partition coefficient (Wildman–Crippen LogP) is 5.34. The first-order valence-electron chi connectivity index (χ1n) is 13.7. The Morgan fingerprint density at radius 1 is 1.17 bits per heavy atom. The summed E-state index contributed by atoms with van der Waals surface area (Å²) in [6.07, 6.45) is 1.67. The van der Waals surface area contributed by atoms with Crippen LogP contribution >= 0.6 is 11.6 Å². The molecular formula is C28H32ClF3N6O3. The second-order valence-electron chi connectivity index (χ2n) is 12.5. The van der Waals surface area contributed by atoms with Gasteiger partial charge in [0.15, 0.2) is 11.0 Å². The molecule has 0 radical (unpaired) electrons. The summed E-state index contributed by atoms with van der Waals surface area (Å²) in [7, 11) is 0. The molecule has 0 N–H and O–H groups in total. The molecule has 1 unspecified atom stereocenters. The summed E-state index contributed by atoms with van der Waals surface area (Å²) in [4.78, 5) is 31.7. The molecule has 2 aromatic heterocycles. The molecule has 4 fully saturated rings. The fourth-order valence-corrected chi connectivity index (χ4v) is 6.80. The Morgan fingerprint density at radius 3 is 2.54 bits per heavy atom.